The highest BCUT2D eigenvalue weighted by atomic mass is 32.1. The van der Waals surface area contributed by atoms with Crippen LogP contribution in [-0.4, -0.2) is 28.4 Å². The van der Waals surface area contributed by atoms with E-state index in [0.717, 1.165) is 11.3 Å². The standard InChI is InChI=1S/C13H10N4O2S.CH5N/c14-10-8(5-18)20-12-9(10)11(16-13(15)17-12)6-2-1-3-7(19)4-6;1-2/h1-5,19H,14H2,(H2,15,16,17);2H2,1H3. The summed E-state index contributed by atoms with van der Waals surface area (Å²) in [5, 5.41) is 10.2. The Morgan fingerprint density at radius 2 is 1.95 bits per heavy atom. The number of aldehydes is 1. The van der Waals surface area contributed by atoms with Crippen molar-refractivity contribution in [2.75, 3.05) is 18.5 Å². The number of benzene rings is 1. The van der Waals surface area contributed by atoms with Crippen molar-refractivity contribution in [3.63, 3.8) is 0 Å². The molecule has 3 aromatic rings. The summed E-state index contributed by atoms with van der Waals surface area (Å²) in [6, 6.07) is 6.58. The number of carbonyl (C=O) groups excluding carboxylic acids is 1. The average molecular weight is 317 g/mol. The van der Waals surface area contributed by atoms with Gasteiger partial charge in [0.1, 0.15) is 10.6 Å². The van der Waals surface area contributed by atoms with Crippen LogP contribution in [0.2, 0.25) is 0 Å². The van der Waals surface area contributed by atoms with Gasteiger partial charge in [-0.2, -0.15) is 0 Å². The number of nitrogens with two attached hydrogens (primary N) is 3. The summed E-state index contributed by atoms with van der Waals surface area (Å²) in [6.45, 7) is 0. The van der Waals surface area contributed by atoms with Crippen molar-refractivity contribution in [3.05, 3.63) is 29.1 Å². The molecular formula is C14H15N5O2S. The normalized spacial score (nSPS) is 10.1. The van der Waals surface area contributed by atoms with Crippen LogP contribution >= 0.6 is 11.3 Å². The Kier molecular flexibility index (Phi) is 4.54. The number of aromatic hydroxyl groups is 1. The largest absolute Gasteiger partial charge is 0.508 e. The van der Waals surface area contributed by atoms with E-state index in [2.05, 4.69) is 15.7 Å². The maximum absolute atomic E-state index is 11.0. The molecule has 0 aliphatic heterocycles. The molecule has 22 heavy (non-hydrogen) atoms. The predicted molar refractivity (Wildman–Crippen MR) is 88.8 cm³/mol. The van der Waals surface area contributed by atoms with Crippen molar-refractivity contribution in [1.29, 1.82) is 0 Å². The summed E-state index contributed by atoms with van der Waals surface area (Å²) in [4.78, 5) is 20.2. The molecule has 0 saturated carbocycles. The lowest BCUT2D eigenvalue weighted by molar-refractivity contribution is 0.112. The second-order valence-electron chi connectivity index (χ2n) is 4.16. The van der Waals surface area contributed by atoms with Gasteiger partial charge in [-0.15, -0.1) is 11.3 Å². The smallest absolute Gasteiger partial charge is 0.221 e. The quantitative estimate of drug-likeness (QED) is 0.526. The summed E-state index contributed by atoms with van der Waals surface area (Å²) < 4.78 is 0. The van der Waals surface area contributed by atoms with Crippen LogP contribution in [0, 0.1) is 0 Å². The average Bonchev–Trinajstić information content (AvgIpc) is 2.84. The minimum atomic E-state index is 0.0922. The van der Waals surface area contributed by atoms with Gasteiger partial charge in [0.05, 0.1) is 21.6 Å². The zero-order valence-electron chi connectivity index (χ0n) is 11.8. The second kappa shape index (κ2) is 6.37. The highest BCUT2D eigenvalue weighted by Gasteiger charge is 2.17. The number of nitrogen functional groups attached to an aromatic ring is 2. The lowest BCUT2D eigenvalue weighted by atomic mass is 10.1. The van der Waals surface area contributed by atoms with Gasteiger partial charge in [0, 0.05) is 5.56 Å². The number of phenols is 1. The molecule has 0 aliphatic carbocycles. The molecule has 0 spiro atoms. The van der Waals surface area contributed by atoms with Crippen molar-refractivity contribution >= 4 is 39.5 Å². The highest BCUT2D eigenvalue weighted by molar-refractivity contribution is 7.21. The van der Waals surface area contributed by atoms with Gasteiger partial charge in [-0.05, 0) is 19.2 Å². The number of phenolic OH excluding ortho intramolecular Hbond substituents is 1. The lowest BCUT2D eigenvalue weighted by Crippen LogP contribution is -1.98. The molecule has 2 heterocycles. The Morgan fingerprint density at radius 3 is 2.59 bits per heavy atom. The minimum absolute atomic E-state index is 0.0922. The van der Waals surface area contributed by atoms with Crippen molar-refractivity contribution in [2.45, 2.75) is 0 Å². The molecular weight excluding hydrogens is 302 g/mol. The van der Waals surface area contributed by atoms with Crippen LogP contribution in [-0.2, 0) is 0 Å². The first-order chi connectivity index (χ1) is 10.6. The number of thiophene rings is 1. The van der Waals surface area contributed by atoms with Gasteiger partial charge in [0.25, 0.3) is 0 Å². The Balaban J connectivity index is 0.000000847. The second-order valence-corrected chi connectivity index (χ2v) is 5.19. The number of fused-ring (bicyclic) bond motifs is 1. The van der Waals surface area contributed by atoms with Crippen LogP contribution in [0.25, 0.3) is 21.5 Å². The van der Waals surface area contributed by atoms with Gasteiger partial charge in [-0.25, -0.2) is 9.97 Å². The maximum atomic E-state index is 11.0. The molecule has 8 heteroatoms. The fourth-order valence-electron chi connectivity index (χ4n) is 2.01. The van der Waals surface area contributed by atoms with Crippen LogP contribution in [0.3, 0.4) is 0 Å². The lowest BCUT2D eigenvalue weighted by Gasteiger charge is -2.05. The number of anilines is 2. The van der Waals surface area contributed by atoms with E-state index in [-0.39, 0.29) is 11.7 Å². The summed E-state index contributed by atoms with van der Waals surface area (Å²) in [6.07, 6.45) is 0.685. The Morgan fingerprint density at radius 1 is 1.23 bits per heavy atom. The van der Waals surface area contributed by atoms with E-state index in [0.29, 0.717) is 38.3 Å². The fourth-order valence-corrected chi connectivity index (χ4v) is 2.92. The first-order valence-electron chi connectivity index (χ1n) is 6.28. The molecule has 7 nitrogen and oxygen atoms in total. The molecule has 0 unspecified atom stereocenters. The molecule has 0 aliphatic rings. The van der Waals surface area contributed by atoms with Crippen LogP contribution in [0.1, 0.15) is 9.67 Å². The molecule has 0 saturated heterocycles. The number of rotatable bonds is 2. The van der Waals surface area contributed by atoms with E-state index in [9.17, 15) is 9.90 Å². The van der Waals surface area contributed by atoms with Crippen LogP contribution in [0.5, 0.6) is 5.75 Å². The summed E-state index contributed by atoms with van der Waals surface area (Å²) in [7, 11) is 1.50. The first kappa shape index (κ1) is 15.7. The Hall–Kier alpha value is -2.71. The third-order valence-electron chi connectivity index (χ3n) is 2.86. The van der Waals surface area contributed by atoms with Crippen molar-refractivity contribution < 1.29 is 9.90 Å². The zero-order valence-corrected chi connectivity index (χ0v) is 12.6. The summed E-state index contributed by atoms with van der Waals surface area (Å²) in [5.41, 5.74) is 17.7. The monoisotopic (exact) mass is 317 g/mol. The van der Waals surface area contributed by atoms with Crippen LogP contribution < -0.4 is 17.2 Å². The predicted octanol–water partition coefficient (Wildman–Crippen LogP) is 1.62. The SMILES string of the molecule is CN.Nc1nc(-c2cccc(O)c2)c2c(N)c(C=O)sc2n1. The molecule has 0 atom stereocenters. The molecule has 2 aromatic heterocycles. The molecule has 0 radical (unpaired) electrons. The molecule has 1 aromatic carbocycles. The van der Waals surface area contributed by atoms with Crippen molar-refractivity contribution in [1.82, 2.24) is 9.97 Å². The topological polar surface area (TPSA) is 141 Å². The van der Waals surface area contributed by atoms with Crippen LogP contribution in [0.4, 0.5) is 11.6 Å². The first-order valence-corrected chi connectivity index (χ1v) is 7.09. The molecule has 0 fully saturated rings. The van der Waals surface area contributed by atoms with Gasteiger partial charge in [-0.3, -0.25) is 4.79 Å². The number of hydrogen-bond donors (Lipinski definition) is 4. The Labute approximate surface area is 130 Å². The number of hydrogen-bond acceptors (Lipinski definition) is 8. The van der Waals surface area contributed by atoms with E-state index in [1.165, 1.54) is 7.05 Å². The van der Waals surface area contributed by atoms with Gasteiger partial charge in [0.15, 0.2) is 6.29 Å². The molecule has 7 N–H and O–H groups in total. The van der Waals surface area contributed by atoms with Crippen molar-refractivity contribution in [3.8, 4) is 17.0 Å². The van der Waals surface area contributed by atoms with Gasteiger partial charge >= 0.3 is 0 Å². The third-order valence-corrected chi connectivity index (χ3v) is 3.89. The molecule has 0 amide bonds. The van der Waals surface area contributed by atoms with E-state index in [4.69, 9.17) is 11.5 Å². The Bertz CT molecular complexity index is 831. The van der Waals surface area contributed by atoms with Gasteiger partial charge < -0.3 is 22.3 Å². The van der Waals surface area contributed by atoms with Gasteiger partial charge in [-0.1, -0.05) is 12.1 Å². The number of aromatic nitrogens is 2. The molecule has 0 bridgehead atoms. The highest BCUT2D eigenvalue weighted by Crippen LogP contribution is 2.38. The summed E-state index contributed by atoms with van der Waals surface area (Å²) >= 11 is 1.16. The summed E-state index contributed by atoms with van der Waals surface area (Å²) in [5.74, 6) is 0.201. The number of carbonyl (C=O) groups is 1. The minimum Gasteiger partial charge on any atom is -0.508 e. The van der Waals surface area contributed by atoms with E-state index in [1.807, 2.05) is 0 Å². The fraction of sp³-hybridized carbons (Fsp3) is 0.0714. The number of nitrogens with zero attached hydrogens (tertiary/aromatic N) is 2. The van der Waals surface area contributed by atoms with Crippen molar-refractivity contribution in [2.24, 2.45) is 5.73 Å². The molecule has 114 valence electrons. The van der Waals surface area contributed by atoms with E-state index >= 15 is 0 Å². The molecule has 3 rings (SSSR count). The zero-order chi connectivity index (χ0) is 16.3. The van der Waals surface area contributed by atoms with Crippen LogP contribution in [0.15, 0.2) is 24.3 Å². The van der Waals surface area contributed by atoms with E-state index in [1.54, 1.807) is 24.3 Å². The van der Waals surface area contributed by atoms with E-state index < -0.39 is 0 Å². The maximum Gasteiger partial charge on any atom is 0.221 e. The third kappa shape index (κ3) is 2.69. The van der Waals surface area contributed by atoms with Gasteiger partial charge in [0.2, 0.25) is 5.95 Å².